The van der Waals surface area contributed by atoms with Crippen LogP contribution in [0.1, 0.15) is 30.1 Å². The Kier molecular flexibility index (Phi) is 4.57. The maximum absolute atomic E-state index is 11.7. The summed E-state index contributed by atoms with van der Waals surface area (Å²) in [7, 11) is 0. The van der Waals surface area contributed by atoms with Crippen LogP contribution in [0.5, 0.6) is 0 Å². The smallest absolute Gasteiger partial charge is 0.340 e. The van der Waals surface area contributed by atoms with Gasteiger partial charge in [-0.2, -0.15) is 0 Å². The van der Waals surface area contributed by atoms with Crippen LogP contribution in [0.25, 0.3) is 0 Å². The van der Waals surface area contributed by atoms with Crippen molar-refractivity contribution in [2.75, 3.05) is 30.9 Å². The van der Waals surface area contributed by atoms with Gasteiger partial charge >= 0.3 is 5.97 Å². The SMILES string of the molecule is CCOC(=O)c1cc(NC2CCCOC2)ncc1N. The molecular formula is C13H19N3O3. The Balaban J connectivity index is 2.08. The molecule has 6 heteroatoms. The Labute approximate surface area is 112 Å². The van der Waals surface area contributed by atoms with Crippen LogP contribution < -0.4 is 11.1 Å². The average Bonchev–Trinajstić information content (AvgIpc) is 2.42. The van der Waals surface area contributed by atoms with Gasteiger partial charge in [-0.1, -0.05) is 0 Å². The van der Waals surface area contributed by atoms with Gasteiger partial charge in [0.1, 0.15) is 5.82 Å². The molecule has 6 nitrogen and oxygen atoms in total. The second kappa shape index (κ2) is 6.38. The van der Waals surface area contributed by atoms with Crippen molar-refractivity contribution in [3.63, 3.8) is 0 Å². The van der Waals surface area contributed by atoms with Crippen LogP contribution in [-0.2, 0) is 9.47 Å². The number of pyridine rings is 1. The monoisotopic (exact) mass is 265 g/mol. The molecule has 1 aromatic heterocycles. The Morgan fingerprint density at radius 1 is 1.68 bits per heavy atom. The Bertz CT molecular complexity index is 445. The van der Waals surface area contributed by atoms with Gasteiger partial charge < -0.3 is 20.5 Å². The fourth-order valence-corrected chi connectivity index (χ4v) is 1.99. The molecule has 2 heterocycles. The van der Waals surface area contributed by atoms with Crippen LogP contribution in [0.2, 0.25) is 0 Å². The van der Waals surface area contributed by atoms with Crippen molar-refractivity contribution in [3.05, 3.63) is 17.8 Å². The molecule has 1 fully saturated rings. The van der Waals surface area contributed by atoms with Gasteiger partial charge in [0, 0.05) is 6.61 Å². The third-order valence-corrected chi connectivity index (χ3v) is 2.94. The molecule has 1 aliphatic heterocycles. The van der Waals surface area contributed by atoms with E-state index < -0.39 is 5.97 Å². The van der Waals surface area contributed by atoms with E-state index in [1.54, 1.807) is 13.0 Å². The van der Waals surface area contributed by atoms with Crippen molar-refractivity contribution in [3.8, 4) is 0 Å². The zero-order valence-electron chi connectivity index (χ0n) is 11.0. The predicted octanol–water partition coefficient (Wildman–Crippen LogP) is 1.43. The third kappa shape index (κ3) is 3.57. The highest BCUT2D eigenvalue weighted by molar-refractivity contribution is 5.95. The van der Waals surface area contributed by atoms with Crippen molar-refractivity contribution < 1.29 is 14.3 Å². The van der Waals surface area contributed by atoms with Gasteiger partial charge in [0.05, 0.1) is 36.7 Å². The van der Waals surface area contributed by atoms with Crippen LogP contribution in [0.15, 0.2) is 12.3 Å². The molecule has 0 radical (unpaired) electrons. The Hall–Kier alpha value is -1.82. The van der Waals surface area contributed by atoms with Crippen LogP contribution in [0.4, 0.5) is 11.5 Å². The van der Waals surface area contributed by atoms with Crippen molar-refractivity contribution in [2.24, 2.45) is 0 Å². The van der Waals surface area contributed by atoms with Gasteiger partial charge in [-0.3, -0.25) is 0 Å². The summed E-state index contributed by atoms with van der Waals surface area (Å²) in [5, 5.41) is 3.25. The lowest BCUT2D eigenvalue weighted by molar-refractivity contribution is 0.0527. The number of ether oxygens (including phenoxy) is 2. The highest BCUT2D eigenvalue weighted by Crippen LogP contribution is 2.18. The molecule has 0 spiro atoms. The van der Waals surface area contributed by atoms with E-state index in [-0.39, 0.29) is 6.04 Å². The summed E-state index contributed by atoms with van der Waals surface area (Å²) in [5.74, 6) is 0.193. The van der Waals surface area contributed by atoms with E-state index in [4.69, 9.17) is 15.2 Å². The molecule has 0 amide bonds. The number of nitrogens with one attached hydrogen (secondary N) is 1. The Morgan fingerprint density at radius 2 is 2.53 bits per heavy atom. The molecule has 1 aromatic rings. The Morgan fingerprint density at radius 3 is 3.21 bits per heavy atom. The minimum atomic E-state index is -0.426. The summed E-state index contributed by atoms with van der Waals surface area (Å²) in [4.78, 5) is 15.9. The van der Waals surface area contributed by atoms with E-state index in [1.807, 2.05) is 0 Å². The summed E-state index contributed by atoms with van der Waals surface area (Å²) in [6, 6.07) is 1.85. The molecule has 2 rings (SSSR count). The van der Waals surface area contributed by atoms with Gasteiger partial charge in [-0.25, -0.2) is 9.78 Å². The van der Waals surface area contributed by atoms with Crippen molar-refractivity contribution in [1.29, 1.82) is 0 Å². The van der Waals surface area contributed by atoms with Crippen molar-refractivity contribution >= 4 is 17.5 Å². The summed E-state index contributed by atoms with van der Waals surface area (Å²) in [5.41, 5.74) is 6.40. The van der Waals surface area contributed by atoms with E-state index in [9.17, 15) is 4.79 Å². The maximum Gasteiger partial charge on any atom is 0.340 e. The molecule has 19 heavy (non-hydrogen) atoms. The number of carbonyl (C=O) groups is 1. The number of esters is 1. The minimum Gasteiger partial charge on any atom is -0.462 e. The highest BCUT2D eigenvalue weighted by Gasteiger charge is 2.16. The lowest BCUT2D eigenvalue weighted by atomic mass is 10.1. The largest absolute Gasteiger partial charge is 0.462 e. The van der Waals surface area contributed by atoms with Gasteiger partial charge in [-0.15, -0.1) is 0 Å². The number of hydrogen-bond donors (Lipinski definition) is 2. The molecule has 3 N–H and O–H groups in total. The number of nitrogens with zero attached hydrogens (tertiary/aromatic N) is 1. The third-order valence-electron chi connectivity index (χ3n) is 2.94. The first-order chi connectivity index (χ1) is 9.20. The zero-order valence-corrected chi connectivity index (χ0v) is 11.0. The van der Waals surface area contributed by atoms with E-state index in [0.29, 0.717) is 30.3 Å². The van der Waals surface area contributed by atoms with Crippen molar-refractivity contribution in [1.82, 2.24) is 4.98 Å². The lowest BCUT2D eigenvalue weighted by Gasteiger charge is -2.23. The lowest BCUT2D eigenvalue weighted by Crippen LogP contribution is -2.30. The molecule has 0 aliphatic carbocycles. The summed E-state index contributed by atoms with van der Waals surface area (Å²) in [6.45, 7) is 3.54. The number of nitrogens with two attached hydrogens (primary N) is 1. The molecule has 0 aromatic carbocycles. The quantitative estimate of drug-likeness (QED) is 0.801. The van der Waals surface area contributed by atoms with E-state index in [2.05, 4.69) is 10.3 Å². The number of aromatic nitrogens is 1. The van der Waals surface area contributed by atoms with Gasteiger partial charge in [0.2, 0.25) is 0 Å². The van der Waals surface area contributed by atoms with Crippen molar-refractivity contribution in [2.45, 2.75) is 25.8 Å². The molecule has 1 unspecified atom stereocenters. The number of carbonyl (C=O) groups excluding carboxylic acids is 1. The summed E-state index contributed by atoms with van der Waals surface area (Å²) >= 11 is 0. The molecule has 1 saturated heterocycles. The predicted molar refractivity (Wildman–Crippen MR) is 72.1 cm³/mol. The zero-order chi connectivity index (χ0) is 13.7. The molecule has 1 aliphatic rings. The first kappa shape index (κ1) is 13.6. The minimum absolute atomic E-state index is 0.222. The van der Waals surface area contributed by atoms with Gasteiger partial charge in [0.15, 0.2) is 0 Å². The van der Waals surface area contributed by atoms with Gasteiger partial charge in [0.25, 0.3) is 0 Å². The average molecular weight is 265 g/mol. The topological polar surface area (TPSA) is 86.5 Å². The van der Waals surface area contributed by atoms with Gasteiger partial charge in [-0.05, 0) is 25.8 Å². The molecule has 104 valence electrons. The van der Waals surface area contributed by atoms with E-state index >= 15 is 0 Å². The van der Waals surface area contributed by atoms with Crippen LogP contribution >= 0.6 is 0 Å². The second-order valence-electron chi connectivity index (χ2n) is 4.44. The standard InChI is InChI=1S/C13H19N3O3/c1-2-19-13(17)10-6-12(15-7-11(10)14)16-9-4-3-5-18-8-9/h6-7,9H,2-5,8,14H2,1H3,(H,15,16). The molecule has 0 saturated carbocycles. The fourth-order valence-electron chi connectivity index (χ4n) is 1.99. The number of nitrogen functional groups attached to an aromatic ring is 1. The van der Waals surface area contributed by atoms with Crippen LogP contribution in [0.3, 0.4) is 0 Å². The maximum atomic E-state index is 11.7. The van der Waals surface area contributed by atoms with E-state index in [1.165, 1.54) is 6.20 Å². The number of hydrogen-bond acceptors (Lipinski definition) is 6. The van der Waals surface area contributed by atoms with E-state index in [0.717, 1.165) is 19.4 Å². The fraction of sp³-hybridized carbons (Fsp3) is 0.538. The normalized spacial score (nSPS) is 18.9. The summed E-state index contributed by atoms with van der Waals surface area (Å²) < 4.78 is 10.3. The molecular weight excluding hydrogens is 246 g/mol. The first-order valence-electron chi connectivity index (χ1n) is 6.47. The number of rotatable bonds is 4. The second-order valence-corrected chi connectivity index (χ2v) is 4.44. The number of anilines is 2. The summed E-state index contributed by atoms with van der Waals surface area (Å²) in [6.07, 6.45) is 3.52. The first-order valence-corrected chi connectivity index (χ1v) is 6.47. The molecule has 0 bridgehead atoms. The van der Waals surface area contributed by atoms with Crippen LogP contribution in [-0.4, -0.2) is 36.8 Å². The molecule has 1 atom stereocenters. The van der Waals surface area contributed by atoms with Crippen LogP contribution in [0, 0.1) is 0 Å². The highest BCUT2D eigenvalue weighted by atomic mass is 16.5.